The van der Waals surface area contributed by atoms with E-state index in [1.54, 1.807) is 0 Å². The number of halogens is 2. The second-order valence-electron chi connectivity index (χ2n) is 3.02. The van der Waals surface area contributed by atoms with Gasteiger partial charge in [0.25, 0.3) is 0 Å². The van der Waals surface area contributed by atoms with Crippen LogP contribution in [0.5, 0.6) is 0 Å². The lowest BCUT2D eigenvalue weighted by Gasteiger charge is -2.18. The largest absolute Gasteiger partial charge is 0.121 e. The van der Waals surface area contributed by atoms with Crippen LogP contribution >= 0.6 is 23.2 Å². The van der Waals surface area contributed by atoms with Gasteiger partial charge in [0.1, 0.15) is 0 Å². The van der Waals surface area contributed by atoms with Crippen LogP contribution < -0.4 is 0 Å². The molecule has 0 radical (unpaired) electrons. The molecule has 0 aromatic heterocycles. The van der Waals surface area contributed by atoms with Gasteiger partial charge in [0.2, 0.25) is 0 Å². The molecule has 0 amide bonds. The van der Waals surface area contributed by atoms with Gasteiger partial charge in [-0.25, -0.2) is 0 Å². The molecule has 1 fully saturated rings. The molecule has 0 aromatic rings. The van der Waals surface area contributed by atoms with Crippen molar-refractivity contribution < 1.29 is 0 Å². The average Bonchev–Trinajstić information content (AvgIpc) is 1.92. The maximum Gasteiger partial charge on any atom is 0.0499 e. The zero-order chi connectivity index (χ0) is 7.40. The third-order valence-corrected chi connectivity index (χ3v) is 3.28. The highest BCUT2D eigenvalue weighted by Gasteiger charge is 2.17. The second kappa shape index (κ2) is 4.46. The summed E-state index contributed by atoms with van der Waals surface area (Å²) in [6.45, 7) is 0. The maximum absolute atomic E-state index is 6.01. The van der Waals surface area contributed by atoms with Crippen LogP contribution in [-0.2, 0) is 0 Å². The van der Waals surface area contributed by atoms with E-state index < -0.39 is 0 Å². The Morgan fingerprint density at radius 3 is 1.50 bits per heavy atom. The third kappa shape index (κ3) is 2.67. The fraction of sp³-hybridized carbons (Fsp3) is 1.00. The molecule has 10 heavy (non-hydrogen) atoms. The lowest BCUT2D eigenvalue weighted by Crippen LogP contribution is -2.16. The molecule has 0 unspecified atom stereocenters. The molecule has 0 spiro atoms. The zero-order valence-corrected chi connectivity index (χ0v) is 7.67. The van der Waals surface area contributed by atoms with Crippen LogP contribution in [0.15, 0.2) is 0 Å². The Kier molecular flexibility index (Phi) is 3.87. The highest BCUT2D eigenvalue weighted by Crippen LogP contribution is 2.25. The van der Waals surface area contributed by atoms with Gasteiger partial charge in [0.05, 0.1) is 0 Å². The van der Waals surface area contributed by atoms with Crippen molar-refractivity contribution in [2.24, 2.45) is 0 Å². The Morgan fingerprint density at radius 1 is 0.700 bits per heavy atom. The first-order chi connectivity index (χ1) is 4.80. The summed E-state index contributed by atoms with van der Waals surface area (Å²) in [5.41, 5.74) is 0. The Labute approximate surface area is 72.9 Å². The van der Waals surface area contributed by atoms with Crippen LogP contribution in [0.25, 0.3) is 0 Å². The summed E-state index contributed by atoms with van der Waals surface area (Å²) in [5, 5.41) is 0.448. The molecule has 0 heterocycles. The lowest BCUT2D eigenvalue weighted by atomic mass is 10.0. The minimum atomic E-state index is 0.224. The van der Waals surface area contributed by atoms with Gasteiger partial charge in [-0.1, -0.05) is 25.7 Å². The minimum absolute atomic E-state index is 0.224. The normalized spacial score (nSPS) is 36.6. The van der Waals surface area contributed by atoms with Crippen molar-refractivity contribution in [3.63, 3.8) is 0 Å². The number of hydrogen-bond donors (Lipinski definition) is 0. The van der Waals surface area contributed by atoms with Crippen molar-refractivity contribution in [2.45, 2.75) is 49.3 Å². The van der Waals surface area contributed by atoms with Crippen molar-refractivity contribution in [2.75, 3.05) is 0 Å². The van der Waals surface area contributed by atoms with Crippen molar-refractivity contribution in [1.82, 2.24) is 0 Å². The molecule has 1 aliphatic rings. The monoisotopic (exact) mass is 180 g/mol. The standard InChI is InChI=1S/C8H14Cl2/c9-7-5-3-1-2-4-6-8(7)10/h7-8H,1-6H2/t7-,8+. The van der Waals surface area contributed by atoms with E-state index in [1.807, 2.05) is 0 Å². The van der Waals surface area contributed by atoms with Crippen LogP contribution in [-0.4, -0.2) is 10.8 Å². The van der Waals surface area contributed by atoms with E-state index in [1.165, 1.54) is 25.7 Å². The van der Waals surface area contributed by atoms with Crippen LogP contribution in [0.1, 0.15) is 38.5 Å². The molecule has 1 rings (SSSR count). The van der Waals surface area contributed by atoms with E-state index in [9.17, 15) is 0 Å². The summed E-state index contributed by atoms with van der Waals surface area (Å²) in [7, 11) is 0. The number of rotatable bonds is 0. The summed E-state index contributed by atoms with van der Waals surface area (Å²) < 4.78 is 0. The Morgan fingerprint density at radius 2 is 1.10 bits per heavy atom. The maximum atomic E-state index is 6.01. The van der Waals surface area contributed by atoms with E-state index >= 15 is 0 Å². The number of alkyl halides is 2. The molecule has 1 aliphatic carbocycles. The lowest BCUT2D eigenvalue weighted by molar-refractivity contribution is 0.514. The molecule has 2 heteroatoms. The predicted molar refractivity (Wildman–Crippen MR) is 47.0 cm³/mol. The van der Waals surface area contributed by atoms with E-state index in [0.29, 0.717) is 0 Å². The van der Waals surface area contributed by atoms with E-state index in [-0.39, 0.29) is 10.8 Å². The molecule has 0 N–H and O–H groups in total. The Bertz CT molecular complexity index is 81.3. The summed E-state index contributed by atoms with van der Waals surface area (Å²) in [5.74, 6) is 0. The van der Waals surface area contributed by atoms with Gasteiger partial charge in [-0.3, -0.25) is 0 Å². The summed E-state index contributed by atoms with van der Waals surface area (Å²) in [4.78, 5) is 0. The van der Waals surface area contributed by atoms with E-state index in [0.717, 1.165) is 12.8 Å². The fourth-order valence-electron chi connectivity index (χ4n) is 1.39. The van der Waals surface area contributed by atoms with E-state index in [2.05, 4.69) is 0 Å². The van der Waals surface area contributed by atoms with Crippen LogP contribution in [0.2, 0.25) is 0 Å². The predicted octanol–water partition coefficient (Wildman–Crippen LogP) is 3.56. The summed E-state index contributed by atoms with van der Waals surface area (Å²) in [6, 6.07) is 0. The minimum Gasteiger partial charge on any atom is -0.121 e. The van der Waals surface area contributed by atoms with Crippen LogP contribution in [0.3, 0.4) is 0 Å². The Balaban J connectivity index is 2.28. The molecular weight excluding hydrogens is 167 g/mol. The molecular formula is C8H14Cl2. The third-order valence-electron chi connectivity index (χ3n) is 2.10. The summed E-state index contributed by atoms with van der Waals surface area (Å²) >= 11 is 12.0. The fourth-order valence-corrected chi connectivity index (χ4v) is 1.95. The SMILES string of the molecule is Cl[C@@H]1CCCCCC[C@@H]1Cl. The second-order valence-corrected chi connectivity index (χ2v) is 4.14. The molecule has 0 aromatic carbocycles. The van der Waals surface area contributed by atoms with Gasteiger partial charge in [-0.05, 0) is 12.8 Å². The number of hydrogen-bond acceptors (Lipinski definition) is 0. The average molecular weight is 181 g/mol. The highest BCUT2D eigenvalue weighted by atomic mass is 35.5. The first kappa shape index (κ1) is 8.67. The first-order valence-electron chi connectivity index (χ1n) is 4.09. The smallest absolute Gasteiger partial charge is 0.0499 e. The topological polar surface area (TPSA) is 0 Å². The zero-order valence-electron chi connectivity index (χ0n) is 6.15. The first-order valence-corrected chi connectivity index (χ1v) is 4.96. The summed E-state index contributed by atoms with van der Waals surface area (Å²) in [6.07, 6.45) is 7.42. The highest BCUT2D eigenvalue weighted by molar-refractivity contribution is 6.29. The van der Waals surface area contributed by atoms with Gasteiger partial charge in [0.15, 0.2) is 0 Å². The van der Waals surface area contributed by atoms with Crippen LogP contribution in [0, 0.1) is 0 Å². The molecule has 1 saturated carbocycles. The van der Waals surface area contributed by atoms with Crippen molar-refractivity contribution in [3.05, 3.63) is 0 Å². The van der Waals surface area contributed by atoms with Gasteiger partial charge in [0, 0.05) is 10.8 Å². The van der Waals surface area contributed by atoms with Gasteiger partial charge >= 0.3 is 0 Å². The molecule has 0 bridgehead atoms. The molecule has 60 valence electrons. The van der Waals surface area contributed by atoms with Crippen LogP contribution in [0.4, 0.5) is 0 Å². The van der Waals surface area contributed by atoms with E-state index in [4.69, 9.17) is 23.2 Å². The van der Waals surface area contributed by atoms with Gasteiger partial charge < -0.3 is 0 Å². The van der Waals surface area contributed by atoms with Crippen molar-refractivity contribution >= 4 is 23.2 Å². The van der Waals surface area contributed by atoms with Crippen molar-refractivity contribution in [1.29, 1.82) is 0 Å². The Hall–Kier alpha value is 0.580. The molecule has 0 aliphatic heterocycles. The molecule has 0 nitrogen and oxygen atoms in total. The molecule has 0 saturated heterocycles. The quantitative estimate of drug-likeness (QED) is 0.501. The molecule has 2 atom stereocenters. The van der Waals surface area contributed by atoms with Gasteiger partial charge in [-0.15, -0.1) is 23.2 Å². The van der Waals surface area contributed by atoms with Crippen molar-refractivity contribution in [3.8, 4) is 0 Å². The van der Waals surface area contributed by atoms with Gasteiger partial charge in [-0.2, -0.15) is 0 Å².